The number of aliphatic hydroxyl groups excluding tert-OH is 1. The van der Waals surface area contributed by atoms with Crippen molar-refractivity contribution in [3.05, 3.63) is 29.3 Å². The lowest BCUT2D eigenvalue weighted by Crippen LogP contribution is -2.40. The van der Waals surface area contributed by atoms with E-state index in [1.165, 1.54) is 4.31 Å². The number of piperidine rings is 1. The van der Waals surface area contributed by atoms with Crippen molar-refractivity contribution in [2.75, 3.05) is 13.1 Å². The molecular formula is C14H19F2NO3S. The van der Waals surface area contributed by atoms with Crippen LogP contribution in [0.2, 0.25) is 0 Å². The van der Waals surface area contributed by atoms with Crippen LogP contribution in [0.15, 0.2) is 17.0 Å². The van der Waals surface area contributed by atoms with Crippen molar-refractivity contribution in [2.24, 2.45) is 5.92 Å². The van der Waals surface area contributed by atoms with Crippen LogP contribution < -0.4 is 0 Å². The van der Waals surface area contributed by atoms with Gasteiger partial charge < -0.3 is 5.11 Å². The van der Waals surface area contributed by atoms with E-state index in [2.05, 4.69) is 0 Å². The van der Waals surface area contributed by atoms with Crippen molar-refractivity contribution >= 4 is 10.0 Å². The summed E-state index contributed by atoms with van der Waals surface area (Å²) in [5, 5.41) is 9.04. The lowest BCUT2D eigenvalue weighted by molar-refractivity contribution is 0.260. The van der Waals surface area contributed by atoms with Crippen LogP contribution in [0.3, 0.4) is 0 Å². The second-order valence-electron chi connectivity index (χ2n) is 5.33. The summed E-state index contributed by atoms with van der Waals surface area (Å²) in [5.74, 6) is -2.41. The van der Waals surface area contributed by atoms with Crippen molar-refractivity contribution in [3.8, 4) is 0 Å². The zero-order chi connectivity index (χ0) is 15.6. The highest BCUT2D eigenvalue weighted by Crippen LogP contribution is 2.28. The second kappa shape index (κ2) is 6.37. The SMILES string of the molecule is CCC1CCCN(S(=O)(=O)c2cc(CO)cc(F)c2F)C1. The van der Waals surface area contributed by atoms with Gasteiger partial charge in [0.25, 0.3) is 0 Å². The third kappa shape index (κ3) is 3.25. The van der Waals surface area contributed by atoms with Crippen LogP contribution in [0.4, 0.5) is 8.78 Å². The molecule has 0 saturated carbocycles. The second-order valence-corrected chi connectivity index (χ2v) is 7.23. The summed E-state index contributed by atoms with van der Waals surface area (Å²) in [7, 11) is -4.08. The molecule has 1 fully saturated rings. The topological polar surface area (TPSA) is 57.6 Å². The Morgan fingerprint density at radius 3 is 2.71 bits per heavy atom. The van der Waals surface area contributed by atoms with E-state index < -0.39 is 33.2 Å². The average Bonchev–Trinajstić information content (AvgIpc) is 2.49. The number of halogens is 2. The van der Waals surface area contributed by atoms with Crippen LogP contribution in [-0.2, 0) is 16.6 Å². The van der Waals surface area contributed by atoms with E-state index in [0.29, 0.717) is 19.5 Å². The average molecular weight is 319 g/mol. The predicted molar refractivity (Wildman–Crippen MR) is 74.1 cm³/mol. The maximum atomic E-state index is 13.9. The fraction of sp³-hybridized carbons (Fsp3) is 0.571. The summed E-state index contributed by atoms with van der Waals surface area (Å²) in [4.78, 5) is -0.691. The quantitative estimate of drug-likeness (QED) is 0.926. The Balaban J connectivity index is 2.41. The van der Waals surface area contributed by atoms with Gasteiger partial charge >= 0.3 is 0 Å². The Morgan fingerprint density at radius 1 is 1.38 bits per heavy atom. The zero-order valence-electron chi connectivity index (χ0n) is 11.8. The van der Waals surface area contributed by atoms with Gasteiger partial charge in [-0.1, -0.05) is 13.3 Å². The van der Waals surface area contributed by atoms with Crippen molar-refractivity contribution in [1.29, 1.82) is 0 Å². The fourth-order valence-corrected chi connectivity index (χ4v) is 4.29. The molecular weight excluding hydrogens is 300 g/mol. The van der Waals surface area contributed by atoms with Gasteiger partial charge in [0.05, 0.1) is 6.61 Å². The monoisotopic (exact) mass is 319 g/mol. The summed E-state index contributed by atoms with van der Waals surface area (Å²) in [6.45, 7) is 2.07. The van der Waals surface area contributed by atoms with Gasteiger partial charge in [-0.05, 0) is 36.5 Å². The van der Waals surface area contributed by atoms with Crippen LogP contribution >= 0.6 is 0 Å². The van der Waals surface area contributed by atoms with E-state index in [4.69, 9.17) is 5.11 Å². The molecule has 1 atom stereocenters. The van der Waals surface area contributed by atoms with Gasteiger partial charge in [0.2, 0.25) is 10.0 Å². The summed E-state index contributed by atoms with van der Waals surface area (Å²) in [6, 6.07) is 1.81. The van der Waals surface area contributed by atoms with Crippen molar-refractivity contribution in [3.63, 3.8) is 0 Å². The summed E-state index contributed by atoms with van der Waals surface area (Å²) in [6.07, 6.45) is 2.50. The lowest BCUT2D eigenvalue weighted by atomic mass is 9.97. The highest BCUT2D eigenvalue weighted by Gasteiger charge is 2.32. The van der Waals surface area contributed by atoms with E-state index in [1.54, 1.807) is 0 Å². The smallest absolute Gasteiger partial charge is 0.246 e. The molecule has 4 nitrogen and oxygen atoms in total. The molecule has 1 aromatic rings. The van der Waals surface area contributed by atoms with Gasteiger partial charge in [0.1, 0.15) is 4.90 Å². The molecule has 0 aliphatic carbocycles. The van der Waals surface area contributed by atoms with Crippen molar-refractivity contribution in [1.82, 2.24) is 4.31 Å². The predicted octanol–water partition coefficient (Wildman–Crippen LogP) is 2.27. The molecule has 2 rings (SSSR count). The largest absolute Gasteiger partial charge is 0.392 e. The van der Waals surface area contributed by atoms with Crippen LogP contribution in [0, 0.1) is 17.6 Å². The Labute approximate surface area is 123 Å². The molecule has 118 valence electrons. The molecule has 1 saturated heterocycles. The number of aliphatic hydroxyl groups is 1. The summed E-state index contributed by atoms with van der Waals surface area (Å²) in [5.41, 5.74) is 0.0384. The van der Waals surface area contributed by atoms with Gasteiger partial charge in [-0.3, -0.25) is 0 Å². The molecule has 0 amide bonds. The van der Waals surface area contributed by atoms with Crippen LogP contribution in [0.5, 0.6) is 0 Å². The normalized spacial score (nSPS) is 20.7. The maximum Gasteiger partial charge on any atom is 0.246 e. The standard InChI is InChI=1S/C14H19F2NO3S/c1-2-10-4-3-5-17(8-10)21(19,20)13-7-11(9-18)6-12(15)14(13)16/h6-7,10,18H,2-5,8-9H2,1H3. The minimum atomic E-state index is -4.08. The Bertz CT molecular complexity index is 619. The Kier molecular flexibility index (Phi) is 4.95. The third-order valence-electron chi connectivity index (χ3n) is 3.91. The first kappa shape index (κ1) is 16.3. The molecule has 1 aliphatic heterocycles. The van der Waals surface area contributed by atoms with E-state index in [9.17, 15) is 17.2 Å². The Hall–Kier alpha value is -1.05. The molecule has 1 aliphatic rings. The number of nitrogens with zero attached hydrogens (tertiary/aromatic N) is 1. The minimum absolute atomic E-state index is 0.0384. The summed E-state index contributed by atoms with van der Waals surface area (Å²) < 4.78 is 53.7. The third-order valence-corrected chi connectivity index (χ3v) is 5.78. The van der Waals surface area contributed by atoms with E-state index in [0.717, 1.165) is 25.0 Å². The highest BCUT2D eigenvalue weighted by molar-refractivity contribution is 7.89. The van der Waals surface area contributed by atoms with Gasteiger partial charge in [-0.15, -0.1) is 0 Å². The van der Waals surface area contributed by atoms with Crippen LogP contribution in [-0.4, -0.2) is 30.9 Å². The lowest BCUT2D eigenvalue weighted by Gasteiger charge is -2.31. The molecule has 0 bridgehead atoms. The molecule has 1 aromatic carbocycles. The molecule has 1 heterocycles. The summed E-state index contributed by atoms with van der Waals surface area (Å²) >= 11 is 0. The number of hydrogen-bond donors (Lipinski definition) is 1. The van der Waals surface area contributed by atoms with Gasteiger partial charge in [-0.25, -0.2) is 17.2 Å². The fourth-order valence-electron chi connectivity index (χ4n) is 2.61. The first-order chi connectivity index (χ1) is 9.90. The minimum Gasteiger partial charge on any atom is -0.392 e. The van der Waals surface area contributed by atoms with Crippen molar-refractivity contribution in [2.45, 2.75) is 37.7 Å². The molecule has 1 N–H and O–H groups in total. The first-order valence-electron chi connectivity index (χ1n) is 6.99. The zero-order valence-corrected chi connectivity index (χ0v) is 12.7. The van der Waals surface area contributed by atoms with E-state index in [-0.39, 0.29) is 11.5 Å². The van der Waals surface area contributed by atoms with Gasteiger partial charge in [-0.2, -0.15) is 4.31 Å². The van der Waals surface area contributed by atoms with E-state index in [1.807, 2.05) is 6.92 Å². The number of hydrogen-bond acceptors (Lipinski definition) is 3. The first-order valence-corrected chi connectivity index (χ1v) is 8.43. The molecule has 7 heteroatoms. The van der Waals surface area contributed by atoms with Crippen molar-refractivity contribution < 1.29 is 22.3 Å². The number of benzene rings is 1. The van der Waals surface area contributed by atoms with Crippen LogP contribution in [0.1, 0.15) is 31.7 Å². The number of rotatable bonds is 4. The maximum absolute atomic E-state index is 13.9. The Morgan fingerprint density at radius 2 is 2.10 bits per heavy atom. The number of sulfonamides is 1. The molecule has 0 radical (unpaired) electrons. The van der Waals surface area contributed by atoms with Gasteiger partial charge in [0.15, 0.2) is 11.6 Å². The van der Waals surface area contributed by atoms with Crippen LogP contribution in [0.25, 0.3) is 0 Å². The molecule has 0 spiro atoms. The molecule has 1 unspecified atom stereocenters. The highest BCUT2D eigenvalue weighted by atomic mass is 32.2. The van der Waals surface area contributed by atoms with Gasteiger partial charge in [0, 0.05) is 13.1 Å². The molecule has 21 heavy (non-hydrogen) atoms. The van der Waals surface area contributed by atoms with E-state index >= 15 is 0 Å². The molecule has 0 aromatic heterocycles.